The molecule has 40 heavy (non-hydrogen) atoms. The number of methoxy groups -OCH3 is 1. The maximum absolute atomic E-state index is 13.5. The molecular weight excluding hydrogens is 531 g/mol. The number of amides is 2. The van der Waals surface area contributed by atoms with Crippen LogP contribution in [0.15, 0.2) is 28.7 Å². The minimum absolute atomic E-state index is 0.0763. The summed E-state index contributed by atoms with van der Waals surface area (Å²) in [5.74, 6) is -0.933. The molecule has 0 radical (unpaired) electrons. The zero-order chi connectivity index (χ0) is 28.7. The molecule has 4 N–H and O–H groups in total. The number of hydrogen-bond donors (Lipinski definition) is 3. The van der Waals surface area contributed by atoms with Gasteiger partial charge in [-0.3, -0.25) is 9.59 Å². The van der Waals surface area contributed by atoms with Crippen molar-refractivity contribution in [2.45, 2.75) is 56.3 Å². The van der Waals surface area contributed by atoms with Crippen LogP contribution in [-0.2, 0) is 11.0 Å². The van der Waals surface area contributed by atoms with Crippen LogP contribution >= 0.6 is 0 Å². The van der Waals surface area contributed by atoms with Crippen LogP contribution in [0.5, 0.6) is 5.75 Å². The summed E-state index contributed by atoms with van der Waals surface area (Å²) < 4.78 is 51.1. The summed E-state index contributed by atoms with van der Waals surface area (Å²) in [6.07, 6.45) is -0.0568. The molecule has 0 spiro atoms. The number of aliphatic hydroxyl groups excluding tert-OH is 1. The average molecular weight is 562 g/mol. The fraction of sp³-hybridized carbons (Fsp3) is 0.481. The number of carbonyl (C=O) groups excluding carboxylic acids is 2. The highest BCUT2D eigenvalue weighted by atomic mass is 19.4. The molecule has 1 saturated heterocycles. The first-order chi connectivity index (χ1) is 19.1. The van der Waals surface area contributed by atoms with E-state index in [1.807, 2.05) is 0 Å². The number of piperidine rings is 1. The first-order valence-electron chi connectivity index (χ1n) is 13.1. The fourth-order valence-corrected chi connectivity index (χ4v) is 5.24. The topological polar surface area (TPSA) is 144 Å². The van der Waals surface area contributed by atoms with E-state index in [1.165, 1.54) is 25.3 Å². The van der Waals surface area contributed by atoms with Crippen LogP contribution in [0.1, 0.15) is 66.5 Å². The second-order valence-electron chi connectivity index (χ2n) is 10.2. The lowest BCUT2D eigenvalue weighted by atomic mass is 9.75. The van der Waals surface area contributed by atoms with Gasteiger partial charge in [0.2, 0.25) is 11.8 Å². The third-order valence-electron chi connectivity index (χ3n) is 7.58. The predicted molar refractivity (Wildman–Crippen MR) is 137 cm³/mol. The summed E-state index contributed by atoms with van der Waals surface area (Å²) in [6, 6.07) is 3.87. The van der Waals surface area contributed by atoms with Crippen molar-refractivity contribution >= 4 is 22.7 Å². The number of ether oxygens (including phenoxy) is 1. The third-order valence-corrected chi connectivity index (χ3v) is 7.58. The van der Waals surface area contributed by atoms with Crippen LogP contribution < -0.4 is 15.8 Å². The molecule has 13 heteroatoms. The van der Waals surface area contributed by atoms with E-state index in [2.05, 4.69) is 15.3 Å². The molecule has 3 heterocycles. The van der Waals surface area contributed by atoms with E-state index >= 15 is 0 Å². The molecule has 0 unspecified atom stereocenters. The van der Waals surface area contributed by atoms with Gasteiger partial charge >= 0.3 is 6.18 Å². The van der Waals surface area contributed by atoms with Crippen LogP contribution in [-0.4, -0.2) is 64.1 Å². The first-order valence-corrected chi connectivity index (χ1v) is 13.1. The van der Waals surface area contributed by atoms with Gasteiger partial charge < -0.3 is 30.2 Å². The van der Waals surface area contributed by atoms with Crippen LogP contribution in [0.3, 0.4) is 0 Å². The number of pyridine rings is 1. The Bertz CT molecular complexity index is 1430. The monoisotopic (exact) mass is 561 g/mol. The second kappa shape index (κ2) is 10.7. The first kappa shape index (κ1) is 27.8. The molecule has 2 fully saturated rings. The highest BCUT2D eigenvalue weighted by Crippen LogP contribution is 2.38. The molecule has 214 valence electrons. The Labute approximate surface area is 227 Å². The standard InChI is InChI=1S/C27H30F3N5O5/c1-39-18-8-6-16(15-7-9-19(27(28,29)30)32-20(15)18)24-33-21(22(40-24)17(31)14-36)23(37)34-26(10-5-11-26)25(38)35-12-3-2-4-13-35/h6-9,17,36H,2-5,10-14,31H2,1H3,(H,34,37)/t17-/m0/s1. The van der Waals surface area contributed by atoms with Crippen molar-refractivity contribution in [3.8, 4) is 17.2 Å². The van der Waals surface area contributed by atoms with Crippen LogP contribution in [0.2, 0.25) is 0 Å². The Hall–Kier alpha value is -3.71. The lowest BCUT2D eigenvalue weighted by Crippen LogP contribution is -2.64. The van der Waals surface area contributed by atoms with Crippen molar-refractivity contribution in [3.05, 3.63) is 41.4 Å². The van der Waals surface area contributed by atoms with Gasteiger partial charge in [-0.25, -0.2) is 9.97 Å². The number of nitrogens with one attached hydrogen (secondary N) is 1. The number of likely N-dealkylation sites (tertiary alicyclic amines) is 1. The number of nitrogens with zero attached hydrogens (tertiary/aromatic N) is 3. The van der Waals surface area contributed by atoms with E-state index in [0.717, 1.165) is 31.7 Å². The van der Waals surface area contributed by atoms with Crippen LogP contribution in [0.25, 0.3) is 22.4 Å². The number of benzene rings is 1. The lowest BCUT2D eigenvalue weighted by molar-refractivity contribution is -0.142. The van der Waals surface area contributed by atoms with Crippen molar-refractivity contribution in [1.82, 2.24) is 20.2 Å². The van der Waals surface area contributed by atoms with Crippen LogP contribution in [0.4, 0.5) is 13.2 Å². The van der Waals surface area contributed by atoms with Crippen LogP contribution in [0, 0.1) is 0 Å². The van der Waals surface area contributed by atoms with E-state index in [-0.39, 0.29) is 45.5 Å². The Morgan fingerprint density at radius 3 is 2.48 bits per heavy atom. The largest absolute Gasteiger partial charge is 0.494 e. The number of halogens is 3. The predicted octanol–water partition coefficient (Wildman–Crippen LogP) is 3.57. The molecule has 1 aromatic carbocycles. The normalized spacial score (nSPS) is 17.8. The Kier molecular flexibility index (Phi) is 7.44. The second-order valence-corrected chi connectivity index (χ2v) is 10.2. The highest BCUT2D eigenvalue weighted by molar-refractivity contribution is 6.01. The van der Waals surface area contributed by atoms with Gasteiger partial charge in [0.15, 0.2) is 11.5 Å². The summed E-state index contributed by atoms with van der Waals surface area (Å²) in [6.45, 7) is 0.715. The summed E-state index contributed by atoms with van der Waals surface area (Å²) in [5, 5.41) is 12.8. The van der Waals surface area contributed by atoms with Crippen molar-refractivity contribution in [1.29, 1.82) is 0 Å². The quantitative estimate of drug-likeness (QED) is 0.397. The molecule has 3 aromatic rings. The molecule has 2 aliphatic rings. The van der Waals surface area contributed by atoms with Gasteiger partial charge in [-0.15, -0.1) is 0 Å². The smallest absolute Gasteiger partial charge is 0.433 e. The lowest BCUT2D eigenvalue weighted by Gasteiger charge is -2.44. The number of hydrogen-bond acceptors (Lipinski definition) is 8. The van der Waals surface area contributed by atoms with Crippen molar-refractivity contribution in [2.75, 3.05) is 26.8 Å². The summed E-state index contributed by atoms with van der Waals surface area (Å²) in [4.78, 5) is 36.8. The van der Waals surface area contributed by atoms with Gasteiger partial charge in [-0.05, 0) is 62.8 Å². The molecule has 1 aliphatic carbocycles. The van der Waals surface area contributed by atoms with Crippen molar-refractivity contribution in [3.63, 3.8) is 0 Å². The van der Waals surface area contributed by atoms with E-state index in [4.69, 9.17) is 14.9 Å². The molecule has 0 bridgehead atoms. The molecule has 2 amide bonds. The molecule has 2 aromatic heterocycles. The fourth-order valence-electron chi connectivity index (χ4n) is 5.24. The van der Waals surface area contributed by atoms with Gasteiger partial charge in [0.25, 0.3) is 5.91 Å². The SMILES string of the molecule is COc1ccc(-c2nc(C(=O)NC3(C(=O)N4CCCCC4)CCC3)c([C@@H](N)CO)o2)c2ccc(C(F)(F)F)nc12. The third kappa shape index (κ3) is 4.99. The number of oxazole rings is 1. The molecule has 5 rings (SSSR count). The number of rotatable bonds is 7. The number of aromatic nitrogens is 2. The van der Waals surface area contributed by atoms with Crippen molar-refractivity contribution in [2.24, 2.45) is 5.73 Å². The van der Waals surface area contributed by atoms with Gasteiger partial charge in [0.1, 0.15) is 22.5 Å². The van der Waals surface area contributed by atoms with Gasteiger partial charge in [-0.1, -0.05) is 0 Å². The highest BCUT2D eigenvalue weighted by Gasteiger charge is 2.48. The molecular formula is C27H30F3N5O5. The van der Waals surface area contributed by atoms with Gasteiger partial charge in [0, 0.05) is 24.0 Å². The number of fused-ring (bicyclic) bond motifs is 1. The molecule has 10 nitrogen and oxygen atoms in total. The molecule has 1 saturated carbocycles. The Morgan fingerprint density at radius 1 is 1.15 bits per heavy atom. The Morgan fingerprint density at radius 2 is 1.88 bits per heavy atom. The molecule has 1 atom stereocenters. The average Bonchev–Trinajstić information content (AvgIpc) is 3.38. The van der Waals surface area contributed by atoms with Crippen molar-refractivity contribution < 1.29 is 37.0 Å². The number of nitrogens with two attached hydrogens (primary N) is 1. The molecule has 1 aliphatic heterocycles. The van der Waals surface area contributed by atoms with E-state index in [9.17, 15) is 27.9 Å². The minimum atomic E-state index is -4.67. The van der Waals surface area contributed by atoms with Gasteiger partial charge in [-0.2, -0.15) is 13.2 Å². The number of alkyl halides is 3. The summed E-state index contributed by atoms with van der Waals surface area (Å²) in [5.41, 5.74) is 3.84. The van der Waals surface area contributed by atoms with E-state index < -0.39 is 36.0 Å². The maximum atomic E-state index is 13.5. The Balaban J connectivity index is 1.53. The number of aliphatic hydroxyl groups is 1. The summed E-state index contributed by atoms with van der Waals surface area (Å²) in [7, 11) is 1.31. The zero-order valence-electron chi connectivity index (χ0n) is 21.9. The van der Waals surface area contributed by atoms with E-state index in [1.54, 1.807) is 4.90 Å². The maximum Gasteiger partial charge on any atom is 0.433 e. The zero-order valence-corrected chi connectivity index (χ0v) is 21.9. The van der Waals surface area contributed by atoms with E-state index in [0.29, 0.717) is 25.9 Å². The summed E-state index contributed by atoms with van der Waals surface area (Å²) >= 11 is 0. The van der Waals surface area contributed by atoms with Gasteiger partial charge in [0.05, 0.1) is 19.8 Å². The number of carbonyl (C=O) groups is 2. The minimum Gasteiger partial charge on any atom is -0.494 e.